The maximum atomic E-state index is 12.2. The molecule has 1 aromatic rings. The number of amides is 2. The van der Waals surface area contributed by atoms with Crippen molar-refractivity contribution in [1.29, 1.82) is 0 Å². The first-order valence-corrected chi connectivity index (χ1v) is 6.15. The van der Waals surface area contributed by atoms with Crippen molar-refractivity contribution < 1.29 is 4.79 Å². The van der Waals surface area contributed by atoms with Gasteiger partial charge in [0.25, 0.3) is 0 Å². The molecule has 1 unspecified atom stereocenters. The molecule has 5 nitrogen and oxygen atoms in total. The molecule has 2 rings (SSSR count). The quantitative estimate of drug-likeness (QED) is 0.849. The number of carbonyl (C=O) groups excluding carboxylic acids is 1. The van der Waals surface area contributed by atoms with Gasteiger partial charge in [-0.1, -0.05) is 6.92 Å². The highest BCUT2D eigenvalue weighted by Crippen LogP contribution is 2.16. The SMILES string of the molecule is CC1CCCN(C(=O)N(C)Cc2ncc[nH]2)C1. The highest BCUT2D eigenvalue weighted by molar-refractivity contribution is 5.74. The van der Waals surface area contributed by atoms with Crippen LogP contribution in [0.4, 0.5) is 4.79 Å². The van der Waals surface area contributed by atoms with E-state index in [1.165, 1.54) is 6.42 Å². The smallest absolute Gasteiger partial charge is 0.320 e. The molecule has 94 valence electrons. The molecule has 0 aromatic carbocycles. The average molecular weight is 236 g/mol. The highest BCUT2D eigenvalue weighted by Gasteiger charge is 2.23. The zero-order valence-corrected chi connectivity index (χ0v) is 10.5. The summed E-state index contributed by atoms with van der Waals surface area (Å²) >= 11 is 0. The van der Waals surface area contributed by atoms with E-state index in [9.17, 15) is 4.79 Å². The molecule has 0 bridgehead atoms. The van der Waals surface area contributed by atoms with E-state index in [4.69, 9.17) is 0 Å². The molecule has 1 atom stereocenters. The van der Waals surface area contributed by atoms with Gasteiger partial charge in [-0.15, -0.1) is 0 Å². The molecule has 1 N–H and O–H groups in total. The Morgan fingerprint density at radius 2 is 2.53 bits per heavy atom. The maximum Gasteiger partial charge on any atom is 0.320 e. The molecule has 1 aliphatic rings. The Kier molecular flexibility index (Phi) is 3.66. The maximum absolute atomic E-state index is 12.2. The zero-order chi connectivity index (χ0) is 12.3. The Balaban J connectivity index is 1.90. The molecule has 0 radical (unpaired) electrons. The van der Waals surface area contributed by atoms with Crippen molar-refractivity contribution >= 4 is 6.03 Å². The average Bonchev–Trinajstić information content (AvgIpc) is 2.80. The van der Waals surface area contributed by atoms with Crippen LogP contribution in [0.3, 0.4) is 0 Å². The molecule has 1 saturated heterocycles. The van der Waals surface area contributed by atoms with Crippen LogP contribution in [0.25, 0.3) is 0 Å². The second-order valence-corrected chi connectivity index (χ2v) is 4.87. The van der Waals surface area contributed by atoms with Gasteiger partial charge in [0.05, 0.1) is 6.54 Å². The molecule has 0 saturated carbocycles. The van der Waals surface area contributed by atoms with Crippen LogP contribution in [0.1, 0.15) is 25.6 Å². The van der Waals surface area contributed by atoms with Crippen LogP contribution in [0.2, 0.25) is 0 Å². The number of likely N-dealkylation sites (tertiary alicyclic amines) is 1. The predicted octanol–water partition coefficient (Wildman–Crippen LogP) is 1.69. The Morgan fingerprint density at radius 3 is 3.18 bits per heavy atom. The summed E-state index contributed by atoms with van der Waals surface area (Å²) in [6, 6.07) is 0.105. The summed E-state index contributed by atoms with van der Waals surface area (Å²) in [6.45, 7) is 4.50. The van der Waals surface area contributed by atoms with Crippen LogP contribution >= 0.6 is 0 Å². The van der Waals surface area contributed by atoms with Crippen molar-refractivity contribution in [2.75, 3.05) is 20.1 Å². The zero-order valence-electron chi connectivity index (χ0n) is 10.5. The monoisotopic (exact) mass is 236 g/mol. The number of nitrogens with one attached hydrogen (secondary N) is 1. The Hall–Kier alpha value is -1.52. The summed E-state index contributed by atoms with van der Waals surface area (Å²) in [7, 11) is 1.82. The fourth-order valence-corrected chi connectivity index (χ4v) is 2.28. The van der Waals surface area contributed by atoms with Crippen LogP contribution in [-0.2, 0) is 6.54 Å². The van der Waals surface area contributed by atoms with Gasteiger partial charge in [0, 0.05) is 32.5 Å². The van der Waals surface area contributed by atoms with Gasteiger partial charge < -0.3 is 14.8 Å². The molecule has 5 heteroatoms. The highest BCUT2D eigenvalue weighted by atomic mass is 16.2. The third kappa shape index (κ3) is 2.99. The molecule has 0 spiro atoms. The Bertz CT molecular complexity index is 363. The lowest BCUT2D eigenvalue weighted by molar-refractivity contribution is 0.137. The summed E-state index contributed by atoms with van der Waals surface area (Å²) < 4.78 is 0. The van der Waals surface area contributed by atoms with Crippen LogP contribution in [0.15, 0.2) is 12.4 Å². The van der Waals surface area contributed by atoms with E-state index in [2.05, 4.69) is 16.9 Å². The van der Waals surface area contributed by atoms with Crippen molar-refractivity contribution in [3.63, 3.8) is 0 Å². The fraction of sp³-hybridized carbons (Fsp3) is 0.667. The van der Waals surface area contributed by atoms with Gasteiger partial charge in [-0.25, -0.2) is 9.78 Å². The van der Waals surface area contributed by atoms with Gasteiger partial charge >= 0.3 is 6.03 Å². The van der Waals surface area contributed by atoms with Gasteiger partial charge in [0.15, 0.2) is 0 Å². The van der Waals surface area contributed by atoms with Gasteiger partial charge in [-0.3, -0.25) is 0 Å². The van der Waals surface area contributed by atoms with E-state index >= 15 is 0 Å². The number of hydrogen-bond acceptors (Lipinski definition) is 2. The van der Waals surface area contributed by atoms with Gasteiger partial charge in [-0.05, 0) is 18.8 Å². The third-order valence-corrected chi connectivity index (χ3v) is 3.20. The van der Waals surface area contributed by atoms with Gasteiger partial charge in [-0.2, -0.15) is 0 Å². The number of urea groups is 1. The number of imidazole rings is 1. The second-order valence-electron chi connectivity index (χ2n) is 4.87. The first kappa shape index (κ1) is 12.0. The van der Waals surface area contributed by atoms with E-state index < -0.39 is 0 Å². The Morgan fingerprint density at radius 1 is 1.71 bits per heavy atom. The Labute approximate surface area is 102 Å². The molecule has 1 aromatic heterocycles. The number of nitrogens with zero attached hydrogens (tertiary/aromatic N) is 3. The van der Waals surface area contributed by atoms with Gasteiger partial charge in [0.2, 0.25) is 0 Å². The molecule has 1 fully saturated rings. The van der Waals surface area contributed by atoms with E-state index in [0.717, 1.165) is 25.3 Å². The second kappa shape index (κ2) is 5.21. The normalized spacial score (nSPS) is 20.4. The standard InChI is InChI=1S/C12H20N4O/c1-10-4-3-7-16(8-10)12(17)15(2)9-11-13-5-6-14-11/h5-6,10H,3-4,7-9H2,1-2H3,(H,13,14). The summed E-state index contributed by atoms with van der Waals surface area (Å²) in [5, 5.41) is 0. The third-order valence-electron chi connectivity index (χ3n) is 3.20. The first-order chi connectivity index (χ1) is 8.16. The predicted molar refractivity (Wildman–Crippen MR) is 65.4 cm³/mol. The van der Waals surface area contributed by atoms with Crippen molar-refractivity contribution in [2.45, 2.75) is 26.3 Å². The largest absolute Gasteiger partial charge is 0.347 e. The van der Waals surface area contributed by atoms with E-state index in [1.807, 2.05) is 11.9 Å². The molecule has 2 heterocycles. The van der Waals surface area contributed by atoms with Crippen molar-refractivity contribution in [2.24, 2.45) is 5.92 Å². The van der Waals surface area contributed by atoms with Crippen LogP contribution < -0.4 is 0 Å². The molecule has 2 amide bonds. The van der Waals surface area contributed by atoms with Crippen LogP contribution in [0.5, 0.6) is 0 Å². The summed E-state index contributed by atoms with van der Waals surface area (Å²) in [6.07, 6.45) is 5.82. The minimum atomic E-state index is 0.105. The molecule has 17 heavy (non-hydrogen) atoms. The topological polar surface area (TPSA) is 52.2 Å². The number of rotatable bonds is 2. The number of aromatic nitrogens is 2. The number of carbonyl (C=O) groups is 1. The number of aromatic amines is 1. The number of H-pyrrole nitrogens is 1. The van der Waals surface area contributed by atoms with Gasteiger partial charge in [0.1, 0.15) is 5.82 Å². The van der Waals surface area contributed by atoms with Crippen molar-refractivity contribution in [3.05, 3.63) is 18.2 Å². The lowest BCUT2D eigenvalue weighted by Gasteiger charge is -2.33. The number of hydrogen-bond donors (Lipinski definition) is 1. The number of piperidine rings is 1. The molecule has 0 aliphatic carbocycles. The van der Waals surface area contributed by atoms with E-state index in [1.54, 1.807) is 17.3 Å². The summed E-state index contributed by atoms with van der Waals surface area (Å²) in [4.78, 5) is 23.0. The first-order valence-electron chi connectivity index (χ1n) is 6.15. The van der Waals surface area contributed by atoms with Crippen LogP contribution in [-0.4, -0.2) is 45.9 Å². The lowest BCUT2D eigenvalue weighted by atomic mass is 10.0. The summed E-state index contributed by atoms with van der Waals surface area (Å²) in [5.74, 6) is 1.44. The summed E-state index contributed by atoms with van der Waals surface area (Å²) in [5.41, 5.74) is 0. The van der Waals surface area contributed by atoms with Crippen molar-refractivity contribution in [1.82, 2.24) is 19.8 Å². The molecular weight excluding hydrogens is 216 g/mol. The minimum absolute atomic E-state index is 0.105. The lowest BCUT2D eigenvalue weighted by Crippen LogP contribution is -2.45. The van der Waals surface area contributed by atoms with E-state index in [0.29, 0.717) is 12.5 Å². The molecule has 1 aliphatic heterocycles. The minimum Gasteiger partial charge on any atom is -0.347 e. The van der Waals surface area contributed by atoms with E-state index in [-0.39, 0.29) is 6.03 Å². The van der Waals surface area contributed by atoms with Crippen molar-refractivity contribution in [3.8, 4) is 0 Å². The molecular formula is C12H20N4O. The van der Waals surface area contributed by atoms with Crippen LogP contribution in [0, 0.1) is 5.92 Å². The fourth-order valence-electron chi connectivity index (χ4n) is 2.28.